The number of esters is 1. The first kappa shape index (κ1) is 27.1. The highest BCUT2D eigenvalue weighted by Crippen LogP contribution is 2.40. The standard InChI is InChI=1S/C26H26FN3O4S3/c1-4-10-30-18-9-7-16(27)12-20(18)37-26(30)29-22(32)14-35-13-21(31)28-24-23(25(33)34-5-2)17-8-6-15(3)11-19(17)36-24/h1,7,9,12,15H,5-6,8,10-11,13-14H2,2-3H3,(H,28,31). The molecule has 0 fully saturated rings. The maximum absolute atomic E-state index is 13.6. The second-order valence-corrected chi connectivity index (χ2v) is 11.7. The van der Waals surface area contributed by atoms with Crippen molar-refractivity contribution in [1.29, 1.82) is 0 Å². The number of benzene rings is 1. The third-order valence-corrected chi connectivity index (χ3v) is 8.95. The number of terminal acetylenes is 1. The summed E-state index contributed by atoms with van der Waals surface area (Å²) in [6.07, 6.45) is 8.10. The molecule has 11 heteroatoms. The van der Waals surface area contributed by atoms with Gasteiger partial charge >= 0.3 is 5.97 Å². The minimum atomic E-state index is -0.427. The lowest BCUT2D eigenvalue weighted by atomic mass is 9.88. The molecule has 0 saturated heterocycles. The number of hydrogen-bond acceptors (Lipinski definition) is 7. The van der Waals surface area contributed by atoms with E-state index in [0.717, 1.165) is 41.5 Å². The summed E-state index contributed by atoms with van der Waals surface area (Å²) >= 11 is 3.73. The SMILES string of the molecule is C#CCn1c(=NC(=O)CSCC(=O)Nc2sc3c(c2C(=O)OCC)CCC(C)C3)sc2cc(F)ccc21. The van der Waals surface area contributed by atoms with Gasteiger partial charge in [-0.2, -0.15) is 4.99 Å². The van der Waals surface area contributed by atoms with Crippen LogP contribution >= 0.6 is 34.4 Å². The summed E-state index contributed by atoms with van der Waals surface area (Å²) in [5.41, 5.74) is 2.13. The van der Waals surface area contributed by atoms with Gasteiger partial charge in [-0.25, -0.2) is 9.18 Å². The highest BCUT2D eigenvalue weighted by Gasteiger charge is 2.29. The summed E-state index contributed by atoms with van der Waals surface area (Å²) in [4.78, 5) is 43.5. The lowest BCUT2D eigenvalue weighted by molar-refractivity contribution is -0.115. The number of carbonyl (C=O) groups is 3. The van der Waals surface area contributed by atoms with Gasteiger partial charge in [0.25, 0.3) is 5.91 Å². The second kappa shape index (κ2) is 12.1. The van der Waals surface area contributed by atoms with Crippen LogP contribution in [0.1, 0.15) is 41.1 Å². The van der Waals surface area contributed by atoms with E-state index >= 15 is 0 Å². The first-order valence-electron chi connectivity index (χ1n) is 11.8. The fraction of sp³-hybridized carbons (Fsp3) is 0.385. The summed E-state index contributed by atoms with van der Waals surface area (Å²) < 4.78 is 21.2. The Labute approximate surface area is 226 Å². The molecular formula is C26H26FN3O4S3. The quantitative estimate of drug-likeness (QED) is 0.321. The van der Waals surface area contributed by atoms with Gasteiger partial charge in [0.2, 0.25) is 5.91 Å². The van der Waals surface area contributed by atoms with Crippen molar-refractivity contribution in [3.63, 3.8) is 0 Å². The first-order chi connectivity index (χ1) is 17.8. The van der Waals surface area contributed by atoms with Crippen molar-refractivity contribution in [2.45, 2.75) is 39.7 Å². The Bertz CT molecular complexity index is 1460. The Hall–Kier alpha value is -2.94. The van der Waals surface area contributed by atoms with Crippen LogP contribution in [0.2, 0.25) is 0 Å². The van der Waals surface area contributed by atoms with Gasteiger partial charge in [-0.1, -0.05) is 24.2 Å². The topological polar surface area (TPSA) is 89.8 Å². The van der Waals surface area contributed by atoms with Gasteiger partial charge in [-0.3, -0.25) is 9.59 Å². The maximum atomic E-state index is 13.6. The average Bonchev–Trinajstić information content (AvgIpc) is 3.35. The zero-order valence-corrected chi connectivity index (χ0v) is 22.9. The molecule has 3 aromatic rings. The van der Waals surface area contributed by atoms with Gasteiger partial charge in [0, 0.05) is 4.88 Å². The fourth-order valence-corrected chi connectivity index (χ4v) is 7.25. The highest BCUT2D eigenvalue weighted by atomic mass is 32.2. The molecule has 1 aliphatic rings. The smallest absolute Gasteiger partial charge is 0.341 e. The van der Waals surface area contributed by atoms with Crippen LogP contribution in [0.4, 0.5) is 9.39 Å². The van der Waals surface area contributed by atoms with Gasteiger partial charge < -0.3 is 14.6 Å². The molecule has 1 aromatic carbocycles. The number of thiophene rings is 1. The molecular weight excluding hydrogens is 534 g/mol. The van der Waals surface area contributed by atoms with Gasteiger partial charge in [-0.15, -0.1) is 29.5 Å². The number of rotatable bonds is 8. The van der Waals surface area contributed by atoms with Gasteiger partial charge in [-0.05, 0) is 55.9 Å². The van der Waals surface area contributed by atoms with Crippen molar-refractivity contribution >= 4 is 67.4 Å². The number of ether oxygens (including phenoxy) is 1. The van der Waals surface area contributed by atoms with Gasteiger partial charge in [0.05, 0.1) is 40.4 Å². The van der Waals surface area contributed by atoms with E-state index in [2.05, 4.69) is 23.2 Å². The summed E-state index contributed by atoms with van der Waals surface area (Å²) in [7, 11) is 0. The van der Waals surface area contributed by atoms with E-state index in [1.165, 1.54) is 34.8 Å². The number of amides is 2. The zero-order chi connectivity index (χ0) is 26.5. The Kier molecular flexibility index (Phi) is 8.84. The predicted octanol–water partition coefficient (Wildman–Crippen LogP) is 4.64. The molecule has 1 unspecified atom stereocenters. The molecule has 0 aliphatic heterocycles. The number of hydrogen-bond donors (Lipinski definition) is 1. The van der Waals surface area contributed by atoms with Crippen LogP contribution in [0.15, 0.2) is 23.2 Å². The van der Waals surface area contributed by atoms with Crippen molar-refractivity contribution in [3.05, 3.63) is 44.8 Å². The van der Waals surface area contributed by atoms with E-state index in [1.54, 1.807) is 17.6 Å². The number of thioether (sulfide) groups is 1. The van der Waals surface area contributed by atoms with Crippen LogP contribution in [0.25, 0.3) is 10.2 Å². The summed E-state index contributed by atoms with van der Waals surface area (Å²) in [6.45, 7) is 4.38. The Morgan fingerprint density at radius 3 is 2.89 bits per heavy atom. The molecule has 2 amide bonds. The van der Waals surface area contributed by atoms with Crippen LogP contribution < -0.4 is 10.1 Å². The summed E-state index contributed by atoms with van der Waals surface area (Å²) in [5, 5.41) is 3.36. The number of carbonyl (C=O) groups excluding carboxylic acids is 3. The Balaban J connectivity index is 1.42. The van der Waals surface area contributed by atoms with E-state index in [9.17, 15) is 18.8 Å². The number of thiazole rings is 1. The average molecular weight is 560 g/mol. The van der Waals surface area contributed by atoms with Crippen LogP contribution in [-0.4, -0.2) is 40.5 Å². The molecule has 1 N–H and O–H groups in total. The number of anilines is 1. The monoisotopic (exact) mass is 559 g/mol. The van der Waals surface area contributed by atoms with Gasteiger partial charge in [0.1, 0.15) is 10.8 Å². The van der Waals surface area contributed by atoms with E-state index in [1.807, 2.05) is 0 Å². The molecule has 1 aliphatic carbocycles. The molecule has 7 nitrogen and oxygen atoms in total. The van der Waals surface area contributed by atoms with Crippen LogP contribution in [0.3, 0.4) is 0 Å². The molecule has 0 radical (unpaired) electrons. The van der Waals surface area contributed by atoms with E-state index in [0.29, 0.717) is 31.5 Å². The molecule has 1 atom stereocenters. The highest BCUT2D eigenvalue weighted by molar-refractivity contribution is 8.00. The third-order valence-electron chi connectivity index (χ3n) is 5.82. The molecule has 0 spiro atoms. The van der Waals surface area contributed by atoms with Crippen molar-refractivity contribution in [2.75, 3.05) is 23.4 Å². The third kappa shape index (κ3) is 6.32. The fourth-order valence-electron chi connectivity index (χ4n) is 4.17. The Morgan fingerprint density at radius 1 is 1.32 bits per heavy atom. The number of nitrogens with one attached hydrogen (secondary N) is 1. The summed E-state index contributed by atoms with van der Waals surface area (Å²) in [5.74, 6) is 1.51. The normalized spacial score (nSPS) is 15.3. The van der Waals surface area contributed by atoms with Crippen molar-refractivity contribution in [2.24, 2.45) is 10.9 Å². The molecule has 0 bridgehead atoms. The predicted molar refractivity (Wildman–Crippen MR) is 147 cm³/mol. The molecule has 2 aromatic heterocycles. The molecule has 2 heterocycles. The van der Waals surface area contributed by atoms with Gasteiger partial charge in [0.15, 0.2) is 4.80 Å². The van der Waals surface area contributed by atoms with Crippen LogP contribution in [-0.2, 0) is 33.7 Å². The van der Waals surface area contributed by atoms with Crippen LogP contribution in [0.5, 0.6) is 0 Å². The Morgan fingerprint density at radius 2 is 2.14 bits per heavy atom. The minimum absolute atomic E-state index is 0.0183. The second-order valence-electron chi connectivity index (χ2n) is 8.61. The van der Waals surface area contributed by atoms with E-state index < -0.39 is 11.9 Å². The zero-order valence-electron chi connectivity index (χ0n) is 20.5. The van der Waals surface area contributed by atoms with Crippen LogP contribution in [0, 0.1) is 24.1 Å². The minimum Gasteiger partial charge on any atom is -0.462 e. The number of aromatic nitrogens is 1. The largest absolute Gasteiger partial charge is 0.462 e. The number of halogens is 1. The summed E-state index contributed by atoms with van der Waals surface area (Å²) in [6, 6.07) is 4.32. The van der Waals surface area contributed by atoms with Crippen molar-refractivity contribution in [3.8, 4) is 12.3 Å². The molecule has 194 valence electrons. The first-order valence-corrected chi connectivity index (χ1v) is 14.6. The van der Waals surface area contributed by atoms with Crippen molar-refractivity contribution in [1.82, 2.24) is 4.57 Å². The molecule has 4 rings (SSSR count). The van der Waals surface area contributed by atoms with Crippen molar-refractivity contribution < 1.29 is 23.5 Å². The lowest BCUT2D eigenvalue weighted by Gasteiger charge is -2.18. The number of fused-ring (bicyclic) bond motifs is 2. The van der Waals surface area contributed by atoms with E-state index in [-0.39, 0.29) is 36.4 Å². The van der Waals surface area contributed by atoms with E-state index in [4.69, 9.17) is 11.2 Å². The molecule has 0 saturated carbocycles. The number of nitrogens with zero attached hydrogens (tertiary/aromatic N) is 2. The lowest BCUT2D eigenvalue weighted by Crippen LogP contribution is -2.19. The molecule has 37 heavy (non-hydrogen) atoms. The maximum Gasteiger partial charge on any atom is 0.341 e.